The van der Waals surface area contributed by atoms with Gasteiger partial charge in [-0.25, -0.2) is 4.98 Å². The highest BCUT2D eigenvalue weighted by atomic mass is 32.1. The van der Waals surface area contributed by atoms with Crippen LogP contribution in [0.2, 0.25) is 0 Å². The number of benzene rings is 1. The van der Waals surface area contributed by atoms with E-state index >= 15 is 0 Å². The maximum atomic E-state index is 12.7. The normalized spacial score (nSPS) is 20.4. The Morgan fingerprint density at radius 2 is 2.20 bits per heavy atom. The number of aryl methyl sites for hydroxylation is 2. The summed E-state index contributed by atoms with van der Waals surface area (Å²) < 4.78 is 11.6. The topological polar surface area (TPSA) is 60.5 Å². The van der Waals surface area contributed by atoms with Gasteiger partial charge in [-0.2, -0.15) is 0 Å². The molecule has 1 amide bonds. The van der Waals surface area contributed by atoms with Crippen LogP contribution in [0.25, 0.3) is 0 Å². The lowest BCUT2D eigenvalue weighted by Crippen LogP contribution is -2.49. The Balaban J connectivity index is 1.63. The van der Waals surface area contributed by atoms with Crippen molar-refractivity contribution in [3.8, 4) is 0 Å². The van der Waals surface area contributed by atoms with E-state index in [1.807, 2.05) is 44.2 Å². The van der Waals surface area contributed by atoms with E-state index < -0.39 is 0 Å². The van der Waals surface area contributed by atoms with Crippen molar-refractivity contribution in [2.45, 2.75) is 45.4 Å². The number of amides is 1. The smallest absolute Gasteiger partial charge is 0.263 e. The van der Waals surface area contributed by atoms with Gasteiger partial charge in [-0.3, -0.25) is 4.79 Å². The summed E-state index contributed by atoms with van der Waals surface area (Å²) in [7, 11) is 0. The summed E-state index contributed by atoms with van der Waals surface area (Å²) in [5, 5.41) is 4.06. The van der Waals surface area contributed by atoms with E-state index in [2.05, 4.69) is 10.3 Å². The first-order valence-corrected chi connectivity index (χ1v) is 9.49. The van der Waals surface area contributed by atoms with E-state index in [0.717, 1.165) is 29.1 Å². The number of carbonyl (C=O) groups is 1. The molecule has 1 aromatic heterocycles. The molecule has 1 saturated heterocycles. The molecular formula is C19H24N2O3S. The number of hydrogen-bond acceptors (Lipinski definition) is 5. The molecule has 0 radical (unpaired) electrons. The van der Waals surface area contributed by atoms with E-state index in [0.29, 0.717) is 24.7 Å². The monoisotopic (exact) mass is 360 g/mol. The number of nitrogens with zero attached hydrogens (tertiary/aromatic N) is 1. The van der Waals surface area contributed by atoms with Crippen LogP contribution in [0, 0.1) is 6.92 Å². The summed E-state index contributed by atoms with van der Waals surface area (Å²) in [4.78, 5) is 17.8. The van der Waals surface area contributed by atoms with Gasteiger partial charge in [0.1, 0.15) is 11.0 Å². The van der Waals surface area contributed by atoms with Crippen LogP contribution in [0.1, 0.15) is 39.3 Å². The zero-order chi connectivity index (χ0) is 17.6. The molecule has 0 unspecified atom stereocenters. The average molecular weight is 360 g/mol. The Kier molecular flexibility index (Phi) is 6.18. The lowest BCUT2D eigenvalue weighted by atomic mass is 10.1. The summed E-state index contributed by atoms with van der Waals surface area (Å²) in [6.45, 7) is 5.60. The third-order valence-corrected chi connectivity index (χ3v) is 5.28. The Morgan fingerprint density at radius 3 is 2.96 bits per heavy atom. The standard InChI is InChI=1S/C19H24N2O3S/c1-3-15-18(25-13(2)20-15)19(22)21-16-9-10-23-12-17(16)24-11-14-7-5-4-6-8-14/h4-8,16-17H,3,9-12H2,1-2H3,(H,21,22)/t16-,17-/m1/s1. The third kappa shape index (κ3) is 4.66. The van der Waals surface area contributed by atoms with Crippen LogP contribution in [0.5, 0.6) is 0 Å². The lowest BCUT2D eigenvalue weighted by molar-refractivity contribution is -0.0735. The first-order valence-electron chi connectivity index (χ1n) is 8.67. The molecule has 0 spiro atoms. The highest BCUT2D eigenvalue weighted by Gasteiger charge is 2.29. The molecule has 134 valence electrons. The van der Waals surface area contributed by atoms with Crippen molar-refractivity contribution in [2.75, 3.05) is 13.2 Å². The van der Waals surface area contributed by atoms with Crippen molar-refractivity contribution in [1.82, 2.24) is 10.3 Å². The molecular weight excluding hydrogens is 336 g/mol. The van der Waals surface area contributed by atoms with Gasteiger partial charge >= 0.3 is 0 Å². The predicted octanol–water partition coefficient (Wildman–Crippen LogP) is 3.12. The van der Waals surface area contributed by atoms with Gasteiger partial charge in [0.25, 0.3) is 5.91 Å². The van der Waals surface area contributed by atoms with Crippen molar-refractivity contribution in [2.24, 2.45) is 0 Å². The van der Waals surface area contributed by atoms with Gasteiger partial charge in [-0.05, 0) is 25.3 Å². The number of rotatable bonds is 6. The van der Waals surface area contributed by atoms with Crippen molar-refractivity contribution in [1.29, 1.82) is 0 Å². The average Bonchev–Trinajstić information content (AvgIpc) is 3.03. The Labute approximate surface area is 152 Å². The minimum atomic E-state index is -0.142. The second kappa shape index (κ2) is 8.56. The molecule has 1 aliphatic rings. The van der Waals surface area contributed by atoms with Gasteiger partial charge in [0.05, 0.1) is 30.0 Å². The third-order valence-electron chi connectivity index (χ3n) is 4.27. The number of aromatic nitrogens is 1. The molecule has 5 nitrogen and oxygen atoms in total. The highest BCUT2D eigenvalue weighted by Crippen LogP contribution is 2.20. The van der Waals surface area contributed by atoms with E-state index in [1.54, 1.807) is 0 Å². The lowest BCUT2D eigenvalue weighted by Gasteiger charge is -2.32. The molecule has 2 atom stereocenters. The van der Waals surface area contributed by atoms with Gasteiger partial charge in [0.2, 0.25) is 0 Å². The minimum Gasteiger partial charge on any atom is -0.379 e. The fourth-order valence-electron chi connectivity index (χ4n) is 2.94. The quantitative estimate of drug-likeness (QED) is 0.860. The molecule has 0 aliphatic carbocycles. The summed E-state index contributed by atoms with van der Waals surface area (Å²) in [6, 6.07) is 9.99. The fourth-order valence-corrected chi connectivity index (χ4v) is 3.85. The Hall–Kier alpha value is -1.76. The van der Waals surface area contributed by atoms with E-state index in [1.165, 1.54) is 11.3 Å². The van der Waals surface area contributed by atoms with Crippen LogP contribution in [0.3, 0.4) is 0 Å². The maximum Gasteiger partial charge on any atom is 0.263 e. The first-order chi connectivity index (χ1) is 12.2. The van der Waals surface area contributed by atoms with Crippen LogP contribution in [0.15, 0.2) is 30.3 Å². The zero-order valence-electron chi connectivity index (χ0n) is 14.7. The van der Waals surface area contributed by atoms with Gasteiger partial charge in [-0.1, -0.05) is 37.3 Å². The number of thiazole rings is 1. The van der Waals surface area contributed by atoms with Gasteiger partial charge in [0.15, 0.2) is 0 Å². The second-order valence-electron chi connectivity index (χ2n) is 6.14. The van der Waals surface area contributed by atoms with Crippen LogP contribution in [-0.4, -0.2) is 36.3 Å². The molecule has 25 heavy (non-hydrogen) atoms. The Bertz CT molecular complexity index is 702. The van der Waals surface area contributed by atoms with Crippen LogP contribution < -0.4 is 5.32 Å². The molecule has 1 fully saturated rings. The summed E-state index contributed by atoms with van der Waals surface area (Å²) in [6.07, 6.45) is 1.37. The number of ether oxygens (including phenoxy) is 2. The Morgan fingerprint density at radius 1 is 1.40 bits per heavy atom. The molecule has 1 aliphatic heterocycles. The van der Waals surface area contributed by atoms with Crippen molar-refractivity contribution in [3.05, 3.63) is 51.5 Å². The number of carbonyl (C=O) groups excluding carboxylic acids is 1. The van der Waals surface area contributed by atoms with Gasteiger partial charge in [-0.15, -0.1) is 11.3 Å². The van der Waals surface area contributed by atoms with E-state index in [4.69, 9.17) is 9.47 Å². The predicted molar refractivity (Wildman–Crippen MR) is 97.9 cm³/mol. The van der Waals surface area contributed by atoms with Gasteiger partial charge in [0, 0.05) is 6.61 Å². The largest absolute Gasteiger partial charge is 0.379 e. The second-order valence-corrected chi connectivity index (χ2v) is 7.34. The van der Waals surface area contributed by atoms with Crippen molar-refractivity contribution < 1.29 is 14.3 Å². The number of nitrogens with one attached hydrogen (secondary N) is 1. The first kappa shape index (κ1) is 18.0. The molecule has 6 heteroatoms. The van der Waals surface area contributed by atoms with Gasteiger partial charge < -0.3 is 14.8 Å². The maximum absolute atomic E-state index is 12.7. The summed E-state index contributed by atoms with van der Waals surface area (Å²) >= 11 is 1.45. The zero-order valence-corrected chi connectivity index (χ0v) is 15.5. The summed E-state index contributed by atoms with van der Waals surface area (Å²) in [5.74, 6) is -0.0531. The minimum absolute atomic E-state index is 0.0444. The molecule has 3 rings (SSSR count). The van der Waals surface area contributed by atoms with Crippen LogP contribution in [-0.2, 0) is 22.5 Å². The summed E-state index contributed by atoms with van der Waals surface area (Å²) in [5.41, 5.74) is 1.98. The molecule has 1 N–H and O–H groups in total. The van der Waals surface area contributed by atoms with Crippen LogP contribution >= 0.6 is 11.3 Å². The van der Waals surface area contributed by atoms with Crippen molar-refractivity contribution in [3.63, 3.8) is 0 Å². The molecule has 2 heterocycles. The molecule has 0 bridgehead atoms. The molecule has 2 aromatic rings. The fraction of sp³-hybridized carbons (Fsp3) is 0.474. The van der Waals surface area contributed by atoms with E-state index in [-0.39, 0.29) is 18.1 Å². The van der Waals surface area contributed by atoms with Crippen molar-refractivity contribution >= 4 is 17.2 Å². The molecule has 1 aromatic carbocycles. The molecule has 0 saturated carbocycles. The SMILES string of the molecule is CCc1nc(C)sc1C(=O)N[C@@H]1CCOC[C@H]1OCc1ccccc1. The number of hydrogen-bond donors (Lipinski definition) is 1. The highest BCUT2D eigenvalue weighted by molar-refractivity contribution is 7.13. The van der Waals surface area contributed by atoms with Crippen LogP contribution in [0.4, 0.5) is 0 Å². The van der Waals surface area contributed by atoms with E-state index in [9.17, 15) is 4.79 Å².